The summed E-state index contributed by atoms with van der Waals surface area (Å²) in [6.07, 6.45) is 1.62. The number of hydroxylamine groups is 2. The van der Waals surface area contributed by atoms with Gasteiger partial charge in [-0.05, 0) is 25.0 Å². The first-order valence-corrected chi connectivity index (χ1v) is 6.29. The van der Waals surface area contributed by atoms with Gasteiger partial charge in [-0.2, -0.15) is 5.06 Å². The number of nitrogen functional groups attached to an aromatic ring is 1. The molecule has 1 aromatic carbocycles. The van der Waals surface area contributed by atoms with Crippen LogP contribution < -0.4 is 10.5 Å². The Hall–Kier alpha value is -1.30. The fraction of sp³-hybridized carbons (Fsp3) is 0.538. The van der Waals surface area contributed by atoms with Gasteiger partial charge in [-0.25, -0.2) is 0 Å². The Labute approximate surface area is 107 Å². The highest BCUT2D eigenvalue weighted by Gasteiger charge is 2.16. The minimum atomic E-state index is -0.581. The summed E-state index contributed by atoms with van der Waals surface area (Å²) in [6.45, 7) is 2.28. The van der Waals surface area contributed by atoms with Crippen LogP contribution in [0, 0.1) is 0 Å². The van der Waals surface area contributed by atoms with Crippen LogP contribution in [0.3, 0.4) is 0 Å². The van der Waals surface area contributed by atoms with Crippen molar-refractivity contribution in [2.45, 2.75) is 18.9 Å². The number of nitrogens with zero attached hydrogens (tertiary/aromatic N) is 1. The van der Waals surface area contributed by atoms with Crippen LogP contribution in [0.1, 0.15) is 12.8 Å². The average molecular weight is 252 g/mol. The number of aliphatic hydroxyl groups is 1. The van der Waals surface area contributed by atoms with Gasteiger partial charge in [0, 0.05) is 6.54 Å². The summed E-state index contributed by atoms with van der Waals surface area (Å²) in [5.74, 6) is 0.608. The first kappa shape index (κ1) is 13.1. The van der Waals surface area contributed by atoms with Crippen molar-refractivity contribution in [3.63, 3.8) is 0 Å². The van der Waals surface area contributed by atoms with Crippen LogP contribution in [0.4, 0.5) is 5.69 Å². The number of rotatable bonds is 5. The van der Waals surface area contributed by atoms with E-state index in [9.17, 15) is 5.11 Å². The van der Waals surface area contributed by atoms with Crippen molar-refractivity contribution in [2.75, 3.05) is 32.0 Å². The summed E-state index contributed by atoms with van der Waals surface area (Å²) in [5.41, 5.74) is 6.33. The van der Waals surface area contributed by atoms with Gasteiger partial charge in [0.1, 0.15) is 18.5 Å². The monoisotopic (exact) mass is 252 g/mol. The number of para-hydroxylation sites is 2. The van der Waals surface area contributed by atoms with Crippen molar-refractivity contribution in [3.8, 4) is 5.75 Å². The van der Waals surface area contributed by atoms with Gasteiger partial charge in [-0.3, -0.25) is 4.84 Å². The predicted octanol–water partition coefficient (Wildman–Crippen LogP) is 1.04. The van der Waals surface area contributed by atoms with E-state index in [1.165, 1.54) is 0 Å². The zero-order valence-corrected chi connectivity index (χ0v) is 10.4. The number of hydrogen-bond acceptors (Lipinski definition) is 5. The number of β-amino-alcohol motifs (C(OH)–C–C–N with tert-alkyl or cyclic N) is 1. The Morgan fingerprint density at radius 1 is 1.39 bits per heavy atom. The summed E-state index contributed by atoms with van der Waals surface area (Å²) in [7, 11) is 0. The Bertz CT molecular complexity index is 367. The van der Waals surface area contributed by atoms with Gasteiger partial charge in [0.25, 0.3) is 0 Å². The molecular weight excluding hydrogens is 232 g/mol. The predicted molar refractivity (Wildman–Crippen MR) is 69.1 cm³/mol. The van der Waals surface area contributed by atoms with Gasteiger partial charge in [-0.1, -0.05) is 12.1 Å². The van der Waals surface area contributed by atoms with Crippen LogP contribution in [0.15, 0.2) is 24.3 Å². The molecule has 1 aliphatic heterocycles. The molecule has 0 bridgehead atoms. The summed E-state index contributed by atoms with van der Waals surface area (Å²) >= 11 is 0. The topological polar surface area (TPSA) is 68.0 Å². The second kappa shape index (κ2) is 6.58. The van der Waals surface area contributed by atoms with Crippen LogP contribution in [-0.2, 0) is 4.84 Å². The van der Waals surface area contributed by atoms with Crippen LogP contribution in [-0.4, -0.2) is 42.6 Å². The largest absolute Gasteiger partial charge is 0.489 e. The van der Waals surface area contributed by atoms with Gasteiger partial charge in [0.15, 0.2) is 0 Å². The maximum Gasteiger partial charge on any atom is 0.142 e. The first-order chi connectivity index (χ1) is 8.75. The van der Waals surface area contributed by atoms with Gasteiger partial charge in [0.05, 0.1) is 18.8 Å². The van der Waals surface area contributed by atoms with E-state index in [-0.39, 0.29) is 6.61 Å². The SMILES string of the molecule is Nc1ccccc1OCC(O)CN1CCCCO1. The van der Waals surface area contributed by atoms with Gasteiger partial charge >= 0.3 is 0 Å². The molecule has 0 radical (unpaired) electrons. The van der Waals surface area contributed by atoms with Crippen LogP contribution in [0.2, 0.25) is 0 Å². The molecule has 0 aliphatic carbocycles. The second-order valence-corrected chi connectivity index (χ2v) is 4.43. The van der Waals surface area contributed by atoms with Crippen LogP contribution >= 0.6 is 0 Å². The van der Waals surface area contributed by atoms with E-state index in [0.717, 1.165) is 26.0 Å². The molecule has 0 saturated carbocycles. The van der Waals surface area contributed by atoms with E-state index in [0.29, 0.717) is 18.0 Å². The third kappa shape index (κ3) is 3.87. The molecule has 3 N–H and O–H groups in total. The fourth-order valence-electron chi connectivity index (χ4n) is 1.88. The maximum atomic E-state index is 9.87. The maximum absolute atomic E-state index is 9.87. The average Bonchev–Trinajstić information content (AvgIpc) is 2.39. The molecule has 5 nitrogen and oxygen atoms in total. The molecule has 1 atom stereocenters. The summed E-state index contributed by atoms with van der Waals surface area (Å²) in [6, 6.07) is 7.26. The van der Waals surface area contributed by atoms with Gasteiger partial charge in [0.2, 0.25) is 0 Å². The molecule has 0 amide bonds. The van der Waals surface area contributed by atoms with E-state index in [2.05, 4.69) is 0 Å². The van der Waals surface area contributed by atoms with E-state index < -0.39 is 6.10 Å². The van der Waals surface area contributed by atoms with Crippen molar-refractivity contribution in [1.82, 2.24) is 5.06 Å². The molecule has 1 unspecified atom stereocenters. The van der Waals surface area contributed by atoms with Crippen molar-refractivity contribution in [3.05, 3.63) is 24.3 Å². The van der Waals surface area contributed by atoms with E-state index in [4.69, 9.17) is 15.3 Å². The lowest BCUT2D eigenvalue weighted by Crippen LogP contribution is -2.38. The van der Waals surface area contributed by atoms with Crippen molar-refractivity contribution in [1.29, 1.82) is 0 Å². The zero-order valence-electron chi connectivity index (χ0n) is 10.4. The number of hydrogen-bond donors (Lipinski definition) is 2. The third-order valence-electron chi connectivity index (χ3n) is 2.84. The lowest BCUT2D eigenvalue weighted by Gasteiger charge is -2.27. The minimum absolute atomic E-state index is 0.216. The zero-order chi connectivity index (χ0) is 12.8. The number of benzene rings is 1. The number of aliphatic hydroxyl groups excluding tert-OH is 1. The number of anilines is 1. The lowest BCUT2D eigenvalue weighted by atomic mass is 10.2. The standard InChI is InChI=1S/C13H20N2O3/c14-12-5-1-2-6-13(12)17-10-11(16)9-15-7-3-4-8-18-15/h1-2,5-6,11,16H,3-4,7-10,14H2. The molecule has 100 valence electrons. The molecule has 1 fully saturated rings. The smallest absolute Gasteiger partial charge is 0.142 e. The minimum Gasteiger partial charge on any atom is -0.489 e. The molecule has 2 rings (SSSR count). The highest BCUT2D eigenvalue weighted by atomic mass is 16.7. The highest BCUT2D eigenvalue weighted by Crippen LogP contribution is 2.19. The van der Waals surface area contributed by atoms with Gasteiger partial charge in [-0.15, -0.1) is 0 Å². The first-order valence-electron chi connectivity index (χ1n) is 6.29. The molecular formula is C13H20N2O3. The molecule has 18 heavy (non-hydrogen) atoms. The molecule has 1 saturated heterocycles. The lowest BCUT2D eigenvalue weighted by molar-refractivity contribution is -0.194. The molecule has 1 aliphatic rings. The third-order valence-corrected chi connectivity index (χ3v) is 2.84. The number of nitrogens with two attached hydrogens (primary N) is 1. The Balaban J connectivity index is 1.74. The van der Waals surface area contributed by atoms with Gasteiger partial charge < -0.3 is 15.6 Å². The molecule has 0 aromatic heterocycles. The van der Waals surface area contributed by atoms with Crippen LogP contribution in [0.25, 0.3) is 0 Å². The normalized spacial score (nSPS) is 18.5. The Morgan fingerprint density at radius 2 is 2.22 bits per heavy atom. The van der Waals surface area contributed by atoms with Crippen molar-refractivity contribution < 1.29 is 14.7 Å². The molecule has 5 heteroatoms. The van der Waals surface area contributed by atoms with E-state index in [1.54, 1.807) is 17.2 Å². The van der Waals surface area contributed by atoms with Crippen LogP contribution in [0.5, 0.6) is 5.75 Å². The Morgan fingerprint density at radius 3 is 2.94 bits per heavy atom. The fourth-order valence-corrected chi connectivity index (χ4v) is 1.88. The Kier molecular flexibility index (Phi) is 4.81. The van der Waals surface area contributed by atoms with E-state index in [1.807, 2.05) is 12.1 Å². The summed E-state index contributed by atoms with van der Waals surface area (Å²) in [4.78, 5) is 5.42. The summed E-state index contributed by atoms with van der Waals surface area (Å²) in [5, 5.41) is 11.7. The number of ether oxygens (including phenoxy) is 1. The molecule has 0 spiro atoms. The second-order valence-electron chi connectivity index (χ2n) is 4.43. The highest BCUT2D eigenvalue weighted by molar-refractivity contribution is 5.51. The molecule has 1 aromatic rings. The van der Waals surface area contributed by atoms with E-state index >= 15 is 0 Å². The summed E-state index contributed by atoms with van der Waals surface area (Å²) < 4.78 is 5.48. The quantitative estimate of drug-likeness (QED) is 0.766. The van der Waals surface area contributed by atoms with Crippen molar-refractivity contribution >= 4 is 5.69 Å². The van der Waals surface area contributed by atoms with Crippen molar-refractivity contribution in [2.24, 2.45) is 0 Å². The molecule has 1 heterocycles.